The van der Waals surface area contributed by atoms with Crippen LogP contribution in [0.2, 0.25) is 0 Å². The Labute approximate surface area is 147 Å². The van der Waals surface area contributed by atoms with E-state index in [1.54, 1.807) is 31.4 Å². The average molecular weight is 338 g/mol. The van der Waals surface area contributed by atoms with Gasteiger partial charge in [0.2, 0.25) is 5.91 Å². The molecule has 0 bridgehead atoms. The summed E-state index contributed by atoms with van der Waals surface area (Å²) in [4.78, 5) is 25.9. The van der Waals surface area contributed by atoms with Crippen LogP contribution in [0.25, 0.3) is 0 Å². The molecule has 0 aliphatic carbocycles. The standard InChI is InChI=1S/C20H22N2O3/c1-14(23)21-17-9-5-16(6-10-17)20(24)22-13-3-4-19(22)15-7-11-18(25-2)12-8-15/h5-12,19H,3-4,13H2,1-2H3,(H,21,23). The lowest BCUT2D eigenvalue weighted by Gasteiger charge is -2.25. The van der Waals surface area contributed by atoms with Crippen molar-refractivity contribution in [3.05, 3.63) is 59.7 Å². The highest BCUT2D eigenvalue weighted by Crippen LogP contribution is 2.34. The van der Waals surface area contributed by atoms with Gasteiger partial charge < -0.3 is 15.0 Å². The molecule has 1 saturated heterocycles. The number of nitrogens with one attached hydrogen (secondary N) is 1. The average Bonchev–Trinajstić information content (AvgIpc) is 3.11. The lowest BCUT2D eigenvalue weighted by molar-refractivity contribution is -0.114. The molecular formula is C20H22N2O3. The zero-order valence-corrected chi connectivity index (χ0v) is 14.5. The highest BCUT2D eigenvalue weighted by Gasteiger charge is 2.30. The van der Waals surface area contributed by atoms with Crippen molar-refractivity contribution in [2.75, 3.05) is 19.0 Å². The van der Waals surface area contributed by atoms with Gasteiger partial charge in [0.05, 0.1) is 13.2 Å². The van der Waals surface area contributed by atoms with E-state index in [-0.39, 0.29) is 17.9 Å². The van der Waals surface area contributed by atoms with Crippen LogP contribution in [0, 0.1) is 0 Å². The molecule has 3 rings (SSSR count). The second-order valence-corrected chi connectivity index (χ2v) is 6.19. The number of carbonyl (C=O) groups excluding carboxylic acids is 2. The Morgan fingerprint density at radius 3 is 2.36 bits per heavy atom. The van der Waals surface area contributed by atoms with Crippen LogP contribution >= 0.6 is 0 Å². The zero-order chi connectivity index (χ0) is 17.8. The van der Waals surface area contributed by atoms with Gasteiger partial charge in [-0.05, 0) is 54.8 Å². The molecule has 1 fully saturated rings. The van der Waals surface area contributed by atoms with Crippen molar-refractivity contribution in [3.8, 4) is 5.75 Å². The third-order valence-corrected chi connectivity index (χ3v) is 4.47. The van der Waals surface area contributed by atoms with Crippen LogP contribution in [0.5, 0.6) is 5.75 Å². The molecule has 2 amide bonds. The van der Waals surface area contributed by atoms with Crippen molar-refractivity contribution < 1.29 is 14.3 Å². The van der Waals surface area contributed by atoms with E-state index in [1.807, 2.05) is 29.2 Å². The Morgan fingerprint density at radius 2 is 1.76 bits per heavy atom. The van der Waals surface area contributed by atoms with Crippen molar-refractivity contribution in [3.63, 3.8) is 0 Å². The number of rotatable bonds is 4. The van der Waals surface area contributed by atoms with E-state index in [1.165, 1.54) is 6.92 Å². The maximum Gasteiger partial charge on any atom is 0.254 e. The van der Waals surface area contributed by atoms with E-state index < -0.39 is 0 Å². The molecule has 1 heterocycles. The molecule has 1 aliphatic rings. The molecule has 0 saturated carbocycles. The molecular weight excluding hydrogens is 316 g/mol. The van der Waals surface area contributed by atoms with E-state index in [0.29, 0.717) is 11.3 Å². The number of benzene rings is 2. The van der Waals surface area contributed by atoms with Crippen LogP contribution in [0.3, 0.4) is 0 Å². The highest BCUT2D eigenvalue weighted by molar-refractivity contribution is 5.96. The number of nitrogens with zero attached hydrogens (tertiary/aromatic N) is 1. The van der Waals surface area contributed by atoms with Crippen molar-refractivity contribution in [1.29, 1.82) is 0 Å². The van der Waals surface area contributed by atoms with Crippen molar-refractivity contribution in [1.82, 2.24) is 4.90 Å². The zero-order valence-electron chi connectivity index (χ0n) is 14.5. The van der Waals surface area contributed by atoms with Gasteiger partial charge in [-0.2, -0.15) is 0 Å². The van der Waals surface area contributed by atoms with Gasteiger partial charge in [-0.15, -0.1) is 0 Å². The third kappa shape index (κ3) is 3.82. The largest absolute Gasteiger partial charge is 0.497 e. The Kier molecular flexibility index (Phi) is 5.03. The summed E-state index contributed by atoms with van der Waals surface area (Å²) in [6, 6.07) is 15.0. The Morgan fingerprint density at radius 1 is 1.08 bits per heavy atom. The van der Waals surface area contributed by atoms with E-state index in [2.05, 4.69) is 5.32 Å². The molecule has 0 spiro atoms. The van der Waals surface area contributed by atoms with E-state index in [0.717, 1.165) is 30.7 Å². The second kappa shape index (κ2) is 7.38. The number of likely N-dealkylation sites (tertiary alicyclic amines) is 1. The summed E-state index contributed by atoms with van der Waals surface area (Å²) in [7, 11) is 1.64. The first-order chi connectivity index (χ1) is 12.1. The van der Waals surface area contributed by atoms with Gasteiger partial charge in [0.15, 0.2) is 0 Å². The smallest absolute Gasteiger partial charge is 0.254 e. The van der Waals surface area contributed by atoms with Gasteiger partial charge in [0.1, 0.15) is 5.75 Å². The van der Waals surface area contributed by atoms with Crippen molar-refractivity contribution >= 4 is 17.5 Å². The summed E-state index contributed by atoms with van der Waals surface area (Å²) in [5.74, 6) is 0.707. The Bertz CT molecular complexity index is 754. The number of anilines is 1. The first-order valence-electron chi connectivity index (χ1n) is 8.41. The van der Waals surface area contributed by atoms with E-state index >= 15 is 0 Å². The Hall–Kier alpha value is -2.82. The highest BCUT2D eigenvalue weighted by atomic mass is 16.5. The lowest BCUT2D eigenvalue weighted by atomic mass is 10.0. The van der Waals surface area contributed by atoms with E-state index in [9.17, 15) is 9.59 Å². The predicted molar refractivity (Wildman–Crippen MR) is 96.8 cm³/mol. The molecule has 0 aromatic heterocycles. The second-order valence-electron chi connectivity index (χ2n) is 6.19. The van der Waals surface area contributed by atoms with E-state index in [4.69, 9.17) is 4.74 Å². The summed E-state index contributed by atoms with van der Waals surface area (Å²) < 4.78 is 5.20. The number of amides is 2. The molecule has 5 nitrogen and oxygen atoms in total. The summed E-state index contributed by atoms with van der Waals surface area (Å²) in [6.45, 7) is 2.21. The van der Waals surface area contributed by atoms with Gasteiger partial charge in [0, 0.05) is 24.7 Å². The monoisotopic (exact) mass is 338 g/mol. The van der Waals surface area contributed by atoms with Gasteiger partial charge in [0.25, 0.3) is 5.91 Å². The minimum Gasteiger partial charge on any atom is -0.497 e. The normalized spacial score (nSPS) is 16.6. The van der Waals surface area contributed by atoms with Crippen LogP contribution in [0.1, 0.15) is 41.7 Å². The van der Waals surface area contributed by atoms with Crippen LogP contribution in [-0.2, 0) is 4.79 Å². The summed E-state index contributed by atoms with van der Waals surface area (Å²) in [5.41, 5.74) is 2.45. The summed E-state index contributed by atoms with van der Waals surface area (Å²) in [5, 5.41) is 2.71. The van der Waals surface area contributed by atoms with Crippen LogP contribution in [-0.4, -0.2) is 30.4 Å². The molecule has 1 aliphatic heterocycles. The molecule has 25 heavy (non-hydrogen) atoms. The molecule has 2 aromatic rings. The SMILES string of the molecule is COc1ccc(C2CCCN2C(=O)c2ccc(NC(C)=O)cc2)cc1. The van der Waals surface area contributed by atoms with Gasteiger partial charge in [-0.1, -0.05) is 12.1 Å². The molecule has 1 atom stereocenters. The predicted octanol–water partition coefficient (Wildman–Crippen LogP) is 3.63. The maximum atomic E-state index is 12.9. The first kappa shape index (κ1) is 17.0. The van der Waals surface area contributed by atoms with Crippen LogP contribution < -0.4 is 10.1 Å². The minimum atomic E-state index is -0.127. The minimum absolute atomic E-state index is 0.0210. The molecule has 1 N–H and O–H groups in total. The molecule has 0 radical (unpaired) electrons. The molecule has 2 aromatic carbocycles. The van der Waals surface area contributed by atoms with Crippen LogP contribution in [0.15, 0.2) is 48.5 Å². The molecule has 5 heteroatoms. The lowest BCUT2D eigenvalue weighted by Crippen LogP contribution is -2.30. The number of hydrogen-bond donors (Lipinski definition) is 1. The molecule has 130 valence electrons. The number of methoxy groups -OCH3 is 1. The fourth-order valence-electron chi connectivity index (χ4n) is 3.25. The van der Waals surface area contributed by atoms with Crippen LogP contribution in [0.4, 0.5) is 5.69 Å². The number of hydrogen-bond acceptors (Lipinski definition) is 3. The third-order valence-electron chi connectivity index (χ3n) is 4.47. The summed E-state index contributed by atoms with van der Waals surface area (Å²) >= 11 is 0. The quantitative estimate of drug-likeness (QED) is 0.926. The fraction of sp³-hybridized carbons (Fsp3) is 0.300. The summed E-state index contributed by atoms with van der Waals surface area (Å²) in [6.07, 6.45) is 1.95. The van der Waals surface area contributed by atoms with Crippen molar-refractivity contribution in [2.45, 2.75) is 25.8 Å². The number of ether oxygens (including phenoxy) is 1. The molecule has 1 unspecified atom stereocenters. The van der Waals surface area contributed by atoms with Crippen molar-refractivity contribution in [2.24, 2.45) is 0 Å². The first-order valence-corrected chi connectivity index (χ1v) is 8.41. The van der Waals surface area contributed by atoms with Gasteiger partial charge >= 0.3 is 0 Å². The van der Waals surface area contributed by atoms with Gasteiger partial charge in [-0.25, -0.2) is 0 Å². The number of carbonyl (C=O) groups is 2. The topological polar surface area (TPSA) is 58.6 Å². The Balaban J connectivity index is 1.76. The van der Waals surface area contributed by atoms with Gasteiger partial charge in [-0.3, -0.25) is 9.59 Å². The maximum absolute atomic E-state index is 12.9. The fourth-order valence-corrected chi connectivity index (χ4v) is 3.25.